The van der Waals surface area contributed by atoms with Crippen molar-refractivity contribution in [1.29, 1.82) is 0 Å². The van der Waals surface area contributed by atoms with E-state index in [9.17, 15) is 9.59 Å². The number of rotatable bonds is 1. The van der Waals surface area contributed by atoms with Crippen molar-refractivity contribution < 1.29 is 14.3 Å². The van der Waals surface area contributed by atoms with Crippen molar-refractivity contribution in [3.05, 3.63) is 17.0 Å². The molecule has 2 fully saturated rings. The molecule has 2 amide bonds. The Morgan fingerprint density at radius 1 is 1.18 bits per heavy atom. The lowest BCUT2D eigenvalue weighted by atomic mass is 10.2. The van der Waals surface area contributed by atoms with Gasteiger partial charge in [-0.1, -0.05) is 0 Å². The van der Waals surface area contributed by atoms with E-state index in [-0.39, 0.29) is 17.6 Å². The number of carbonyl (C=O) groups excluding carboxylic acids is 2. The minimum absolute atomic E-state index is 0.253. The molecule has 0 aliphatic carbocycles. The minimum atomic E-state index is -0.511. The maximum absolute atomic E-state index is 12.0. The fourth-order valence-corrected chi connectivity index (χ4v) is 2.25. The Hall–Kier alpha value is -1.34. The highest BCUT2D eigenvalue weighted by atomic mass is 79.9. The van der Waals surface area contributed by atoms with Crippen LogP contribution in [-0.2, 0) is 14.3 Å². The van der Waals surface area contributed by atoms with Crippen LogP contribution in [0.15, 0.2) is 17.0 Å². The Labute approximate surface area is 105 Å². The van der Waals surface area contributed by atoms with Gasteiger partial charge in [0, 0.05) is 0 Å². The Bertz CT molecular complexity index is 468. The molecular formula is C10H8BrN3O3. The Morgan fingerprint density at radius 2 is 1.82 bits per heavy atom. The average molecular weight is 298 g/mol. The van der Waals surface area contributed by atoms with Gasteiger partial charge in [-0.05, 0) is 28.8 Å². The van der Waals surface area contributed by atoms with Crippen molar-refractivity contribution in [2.45, 2.75) is 25.0 Å². The number of amides is 2. The number of aromatic nitrogens is 2. The van der Waals surface area contributed by atoms with Gasteiger partial charge < -0.3 is 4.74 Å². The number of fused-ring (bicyclic) bond motifs is 2. The van der Waals surface area contributed by atoms with Gasteiger partial charge in [-0.3, -0.25) is 9.59 Å². The monoisotopic (exact) mass is 297 g/mol. The van der Waals surface area contributed by atoms with Gasteiger partial charge in [0.15, 0.2) is 5.82 Å². The maximum atomic E-state index is 12.0. The standard InChI is InChI=1S/C10H8BrN3O3/c11-7-3-13-8(4-12-7)14-9(15)5-1-2-6(17-5)10(14)16/h3-6H,1-2H2. The van der Waals surface area contributed by atoms with Gasteiger partial charge in [0.05, 0.1) is 12.4 Å². The van der Waals surface area contributed by atoms with Gasteiger partial charge >= 0.3 is 0 Å². The zero-order valence-corrected chi connectivity index (χ0v) is 10.3. The number of nitrogens with zero attached hydrogens (tertiary/aromatic N) is 3. The first-order valence-electron chi connectivity index (χ1n) is 5.17. The van der Waals surface area contributed by atoms with E-state index in [1.807, 2.05) is 0 Å². The summed E-state index contributed by atoms with van der Waals surface area (Å²) in [6.45, 7) is 0. The molecule has 1 aromatic rings. The van der Waals surface area contributed by atoms with Gasteiger partial charge in [-0.15, -0.1) is 0 Å². The molecule has 2 saturated heterocycles. The van der Waals surface area contributed by atoms with E-state index in [1.165, 1.54) is 12.4 Å². The quantitative estimate of drug-likeness (QED) is 0.712. The van der Waals surface area contributed by atoms with Crippen LogP contribution in [0.4, 0.5) is 5.82 Å². The lowest BCUT2D eigenvalue weighted by molar-refractivity contribution is -0.146. The number of anilines is 1. The first-order valence-corrected chi connectivity index (χ1v) is 5.97. The Morgan fingerprint density at radius 3 is 2.35 bits per heavy atom. The molecule has 0 aromatic carbocycles. The van der Waals surface area contributed by atoms with Crippen molar-refractivity contribution in [3.63, 3.8) is 0 Å². The largest absolute Gasteiger partial charge is 0.355 e. The van der Waals surface area contributed by atoms with E-state index in [0.29, 0.717) is 17.4 Å². The number of halogens is 1. The third-order valence-electron chi connectivity index (χ3n) is 2.85. The second-order valence-corrected chi connectivity index (χ2v) is 4.71. The molecule has 2 aliphatic heterocycles. The van der Waals surface area contributed by atoms with E-state index in [4.69, 9.17) is 4.74 Å². The number of morpholine rings is 1. The molecule has 2 unspecified atom stereocenters. The summed E-state index contributed by atoms with van der Waals surface area (Å²) < 4.78 is 5.85. The highest BCUT2D eigenvalue weighted by Gasteiger charge is 2.47. The van der Waals surface area contributed by atoms with Gasteiger partial charge in [0.1, 0.15) is 16.8 Å². The summed E-state index contributed by atoms with van der Waals surface area (Å²) in [7, 11) is 0. The minimum Gasteiger partial charge on any atom is -0.355 e. The van der Waals surface area contributed by atoms with Crippen LogP contribution >= 0.6 is 15.9 Å². The maximum Gasteiger partial charge on any atom is 0.264 e. The van der Waals surface area contributed by atoms with Crippen LogP contribution in [-0.4, -0.2) is 34.0 Å². The van der Waals surface area contributed by atoms with Gasteiger partial charge in [0.25, 0.3) is 11.8 Å². The number of hydrogen-bond donors (Lipinski definition) is 0. The molecule has 6 nitrogen and oxygen atoms in total. The molecule has 1 aromatic heterocycles. The van der Waals surface area contributed by atoms with E-state index in [1.54, 1.807) is 0 Å². The highest BCUT2D eigenvalue weighted by molar-refractivity contribution is 9.10. The van der Waals surface area contributed by atoms with Gasteiger partial charge in [-0.25, -0.2) is 14.9 Å². The Balaban J connectivity index is 1.99. The number of ether oxygens (including phenoxy) is 1. The fourth-order valence-electron chi connectivity index (χ4n) is 2.04. The molecule has 17 heavy (non-hydrogen) atoms. The molecule has 7 heteroatoms. The van der Waals surface area contributed by atoms with Crippen molar-refractivity contribution in [3.8, 4) is 0 Å². The SMILES string of the molecule is O=C1C2CCC(O2)C(=O)N1c1cnc(Br)cn1. The molecule has 0 spiro atoms. The summed E-state index contributed by atoms with van der Waals surface area (Å²) in [4.78, 5) is 33.0. The Kier molecular flexibility index (Phi) is 2.44. The molecule has 0 radical (unpaired) electrons. The number of imide groups is 1. The fraction of sp³-hybridized carbons (Fsp3) is 0.400. The van der Waals surface area contributed by atoms with Crippen LogP contribution in [0.1, 0.15) is 12.8 Å². The normalized spacial score (nSPS) is 27.7. The van der Waals surface area contributed by atoms with E-state index < -0.39 is 12.2 Å². The van der Waals surface area contributed by atoms with Crippen LogP contribution in [0.25, 0.3) is 0 Å². The molecule has 0 N–H and O–H groups in total. The zero-order chi connectivity index (χ0) is 12.0. The number of hydrogen-bond acceptors (Lipinski definition) is 5. The zero-order valence-electron chi connectivity index (χ0n) is 8.67. The van der Waals surface area contributed by atoms with E-state index in [2.05, 4.69) is 25.9 Å². The van der Waals surface area contributed by atoms with Crippen molar-refractivity contribution >= 4 is 33.6 Å². The number of carbonyl (C=O) groups is 2. The van der Waals surface area contributed by atoms with Crippen molar-refractivity contribution in [2.75, 3.05) is 4.90 Å². The molecule has 2 bridgehead atoms. The second kappa shape index (κ2) is 3.85. The van der Waals surface area contributed by atoms with Crippen molar-refractivity contribution in [1.82, 2.24) is 9.97 Å². The topological polar surface area (TPSA) is 72.4 Å². The third kappa shape index (κ3) is 1.66. The summed E-state index contributed by atoms with van der Waals surface area (Å²) in [6.07, 6.45) is 3.01. The summed E-state index contributed by atoms with van der Waals surface area (Å²) in [5, 5.41) is 0. The predicted octanol–water partition coefficient (Wildman–Crippen LogP) is 0.660. The summed E-state index contributed by atoms with van der Waals surface area (Å²) in [5.41, 5.74) is 0. The summed E-state index contributed by atoms with van der Waals surface area (Å²) >= 11 is 3.15. The van der Waals surface area contributed by atoms with Crippen molar-refractivity contribution in [2.24, 2.45) is 0 Å². The lowest BCUT2D eigenvalue weighted by Gasteiger charge is -2.28. The van der Waals surface area contributed by atoms with Gasteiger partial charge in [-0.2, -0.15) is 0 Å². The van der Waals surface area contributed by atoms with Crippen LogP contribution in [0, 0.1) is 0 Å². The van der Waals surface area contributed by atoms with Crippen LogP contribution < -0.4 is 4.90 Å². The average Bonchev–Trinajstić information content (AvgIpc) is 2.76. The third-order valence-corrected chi connectivity index (χ3v) is 3.26. The smallest absolute Gasteiger partial charge is 0.264 e. The van der Waals surface area contributed by atoms with Crippen LogP contribution in [0.3, 0.4) is 0 Å². The molecule has 3 rings (SSSR count). The van der Waals surface area contributed by atoms with E-state index >= 15 is 0 Å². The highest BCUT2D eigenvalue weighted by Crippen LogP contribution is 2.30. The molecular weight excluding hydrogens is 290 g/mol. The van der Waals surface area contributed by atoms with Gasteiger partial charge in [0.2, 0.25) is 0 Å². The molecule has 0 saturated carbocycles. The summed E-state index contributed by atoms with van der Waals surface area (Å²) in [5.74, 6) is -0.441. The molecule has 88 valence electrons. The molecule has 2 aliphatic rings. The molecule has 2 atom stereocenters. The predicted molar refractivity (Wildman–Crippen MR) is 60.1 cm³/mol. The first kappa shape index (κ1) is 10.8. The van der Waals surface area contributed by atoms with Crippen LogP contribution in [0.2, 0.25) is 0 Å². The van der Waals surface area contributed by atoms with E-state index in [0.717, 1.165) is 4.90 Å². The lowest BCUT2D eigenvalue weighted by Crippen LogP contribution is -2.52. The second-order valence-electron chi connectivity index (χ2n) is 3.90. The summed E-state index contributed by atoms with van der Waals surface area (Å²) in [6, 6.07) is 0. The van der Waals surface area contributed by atoms with Crippen LogP contribution in [0.5, 0.6) is 0 Å². The first-order chi connectivity index (χ1) is 8.16. The molecule has 3 heterocycles.